The number of ether oxygens (including phenoxy) is 1. The van der Waals surface area contributed by atoms with Crippen LogP contribution < -0.4 is 10.2 Å². The SMILES string of the molecule is CCN(CC)S(=O)(=O)c1ccc(N2CCOCC2)c(NC(=O)Cc2ccc(F)cc2)c1. The predicted octanol–water partition coefficient (Wildman–Crippen LogP) is 2.87. The Morgan fingerprint density at radius 2 is 1.74 bits per heavy atom. The molecule has 3 rings (SSSR count). The first kappa shape index (κ1) is 23.2. The monoisotopic (exact) mass is 449 g/mol. The molecule has 0 aromatic heterocycles. The molecule has 1 aliphatic heterocycles. The second-order valence-corrected chi connectivity index (χ2v) is 9.16. The van der Waals surface area contributed by atoms with E-state index in [0.717, 1.165) is 5.69 Å². The third kappa shape index (κ3) is 5.61. The van der Waals surface area contributed by atoms with Crippen molar-refractivity contribution in [2.24, 2.45) is 0 Å². The van der Waals surface area contributed by atoms with E-state index in [1.54, 1.807) is 38.1 Å². The van der Waals surface area contributed by atoms with Crippen molar-refractivity contribution in [2.75, 3.05) is 49.6 Å². The molecule has 31 heavy (non-hydrogen) atoms. The average molecular weight is 450 g/mol. The van der Waals surface area contributed by atoms with Gasteiger partial charge in [-0.25, -0.2) is 12.8 Å². The third-order valence-corrected chi connectivity index (χ3v) is 7.26. The van der Waals surface area contributed by atoms with Gasteiger partial charge in [-0.15, -0.1) is 0 Å². The minimum Gasteiger partial charge on any atom is -0.378 e. The van der Waals surface area contributed by atoms with Crippen LogP contribution in [0.25, 0.3) is 0 Å². The van der Waals surface area contributed by atoms with E-state index in [9.17, 15) is 17.6 Å². The van der Waals surface area contributed by atoms with Crippen LogP contribution in [0.15, 0.2) is 47.4 Å². The lowest BCUT2D eigenvalue weighted by Gasteiger charge is -2.31. The lowest BCUT2D eigenvalue weighted by molar-refractivity contribution is -0.115. The molecule has 0 bridgehead atoms. The molecule has 0 radical (unpaired) electrons. The van der Waals surface area contributed by atoms with Crippen molar-refractivity contribution in [1.82, 2.24) is 4.31 Å². The highest BCUT2D eigenvalue weighted by atomic mass is 32.2. The fourth-order valence-electron chi connectivity index (χ4n) is 3.55. The summed E-state index contributed by atoms with van der Waals surface area (Å²) < 4.78 is 45.9. The van der Waals surface area contributed by atoms with E-state index >= 15 is 0 Å². The van der Waals surface area contributed by atoms with Crippen LogP contribution in [0.3, 0.4) is 0 Å². The Bertz CT molecular complexity index is 1000. The molecule has 9 heteroatoms. The fourth-order valence-corrected chi connectivity index (χ4v) is 5.04. The lowest BCUT2D eigenvalue weighted by Crippen LogP contribution is -2.37. The maximum atomic E-state index is 13.1. The van der Waals surface area contributed by atoms with Crippen LogP contribution >= 0.6 is 0 Å². The summed E-state index contributed by atoms with van der Waals surface area (Å²) in [5.41, 5.74) is 1.84. The second kappa shape index (κ2) is 10.2. The van der Waals surface area contributed by atoms with Gasteiger partial charge in [-0.2, -0.15) is 4.31 Å². The zero-order chi connectivity index (χ0) is 22.4. The number of benzene rings is 2. The smallest absolute Gasteiger partial charge is 0.243 e. The van der Waals surface area contributed by atoms with E-state index in [2.05, 4.69) is 10.2 Å². The summed E-state index contributed by atoms with van der Waals surface area (Å²) in [6.45, 7) is 6.69. The summed E-state index contributed by atoms with van der Waals surface area (Å²) in [6.07, 6.45) is 0.0514. The van der Waals surface area contributed by atoms with Crippen LogP contribution in [-0.4, -0.2) is 58.0 Å². The Morgan fingerprint density at radius 3 is 2.35 bits per heavy atom. The number of anilines is 2. The first-order chi connectivity index (χ1) is 14.8. The molecule has 2 aromatic carbocycles. The van der Waals surface area contributed by atoms with Crippen molar-refractivity contribution in [1.29, 1.82) is 0 Å². The molecule has 1 amide bonds. The molecule has 1 fully saturated rings. The quantitative estimate of drug-likeness (QED) is 0.671. The van der Waals surface area contributed by atoms with Crippen LogP contribution in [0, 0.1) is 5.82 Å². The lowest BCUT2D eigenvalue weighted by atomic mass is 10.1. The van der Waals surface area contributed by atoms with E-state index < -0.39 is 10.0 Å². The van der Waals surface area contributed by atoms with Gasteiger partial charge in [0.05, 0.1) is 35.9 Å². The number of rotatable bonds is 8. The van der Waals surface area contributed by atoms with Gasteiger partial charge in [0, 0.05) is 26.2 Å². The minimum absolute atomic E-state index is 0.0514. The summed E-state index contributed by atoms with van der Waals surface area (Å²) in [5.74, 6) is -0.674. The highest BCUT2D eigenvalue weighted by Crippen LogP contribution is 2.31. The number of carbonyl (C=O) groups excluding carboxylic acids is 1. The van der Waals surface area contributed by atoms with Crippen molar-refractivity contribution >= 4 is 27.3 Å². The molecule has 7 nitrogen and oxygen atoms in total. The molecule has 1 heterocycles. The van der Waals surface area contributed by atoms with E-state index in [-0.39, 0.29) is 23.0 Å². The number of amides is 1. The molecule has 0 saturated carbocycles. The van der Waals surface area contributed by atoms with Gasteiger partial charge in [0.2, 0.25) is 15.9 Å². The van der Waals surface area contributed by atoms with Gasteiger partial charge in [0.1, 0.15) is 5.82 Å². The number of halogens is 1. The van der Waals surface area contributed by atoms with Gasteiger partial charge in [-0.05, 0) is 35.9 Å². The third-order valence-electron chi connectivity index (χ3n) is 5.22. The van der Waals surface area contributed by atoms with Crippen molar-refractivity contribution < 1.29 is 22.3 Å². The van der Waals surface area contributed by atoms with Gasteiger partial charge in [-0.1, -0.05) is 26.0 Å². The molecule has 1 saturated heterocycles. The van der Waals surface area contributed by atoms with Crippen LogP contribution in [0.4, 0.5) is 15.8 Å². The summed E-state index contributed by atoms with van der Waals surface area (Å²) >= 11 is 0. The minimum atomic E-state index is -3.67. The number of carbonyl (C=O) groups is 1. The van der Waals surface area contributed by atoms with Crippen LogP contribution in [0.5, 0.6) is 0 Å². The van der Waals surface area contributed by atoms with Gasteiger partial charge in [-0.3, -0.25) is 4.79 Å². The summed E-state index contributed by atoms with van der Waals surface area (Å²) in [4.78, 5) is 14.9. The van der Waals surface area contributed by atoms with Crippen LogP contribution in [0.2, 0.25) is 0 Å². The van der Waals surface area contributed by atoms with Crippen molar-refractivity contribution in [3.63, 3.8) is 0 Å². The van der Waals surface area contributed by atoms with Crippen LogP contribution in [-0.2, 0) is 26.0 Å². The highest BCUT2D eigenvalue weighted by molar-refractivity contribution is 7.89. The number of hydrogen-bond acceptors (Lipinski definition) is 5. The first-order valence-electron chi connectivity index (χ1n) is 10.4. The normalized spacial score (nSPS) is 14.6. The molecule has 0 unspecified atom stereocenters. The van der Waals surface area contributed by atoms with Crippen molar-refractivity contribution in [3.05, 3.63) is 53.8 Å². The van der Waals surface area contributed by atoms with Gasteiger partial charge in [0.25, 0.3) is 0 Å². The van der Waals surface area contributed by atoms with Crippen LogP contribution in [0.1, 0.15) is 19.4 Å². The molecule has 0 atom stereocenters. The Balaban J connectivity index is 1.91. The average Bonchev–Trinajstić information content (AvgIpc) is 2.76. The largest absolute Gasteiger partial charge is 0.378 e. The molecule has 1 aliphatic rings. The zero-order valence-corrected chi connectivity index (χ0v) is 18.6. The maximum Gasteiger partial charge on any atom is 0.243 e. The van der Waals surface area contributed by atoms with Crippen molar-refractivity contribution in [3.8, 4) is 0 Å². The number of hydrogen-bond donors (Lipinski definition) is 1. The fraction of sp³-hybridized carbons (Fsp3) is 0.409. The van der Waals surface area contributed by atoms with Crippen molar-refractivity contribution in [2.45, 2.75) is 25.2 Å². The Labute approximate surface area is 182 Å². The van der Waals surface area contributed by atoms with E-state index in [1.165, 1.54) is 22.5 Å². The van der Waals surface area contributed by atoms with Gasteiger partial charge < -0.3 is 15.0 Å². The molecule has 168 valence electrons. The van der Waals surface area contributed by atoms with Gasteiger partial charge >= 0.3 is 0 Å². The highest BCUT2D eigenvalue weighted by Gasteiger charge is 2.24. The van der Waals surface area contributed by atoms with E-state index in [4.69, 9.17) is 4.74 Å². The summed E-state index contributed by atoms with van der Waals surface area (Å²) in [7, 11) is -3.67. The van der Waals surface area contributed by atoms with E-state index in [1.807, 2.05) is 0 Å². The molecule has 0 spiro atoms. The standard InChI is InChI=1S/C22H28FN3O4S/c1-3-26(4-2)31(28,29)19-9-10-21(25-11-13-30-14-12-25)20(16-19)24-22(27)15-17-5-7-18(23)8-6-17/h5-10,16H,3-4,11-15H2,1-2H3,(H,24,27). The molecule has 2 aromatic rings. The first-order valence-corrected chi connectivity index (χ1v) is 11.8. The Kier molecular flexibility index (Phi) is 7.64. The molecule has 0 aliphatic carbocycles. The van der Waals surface area contributed by atoms with Gasteiger partial charge in [0.15, 0.2) is 0 Å². The summed E-state index contributed by atoms with van der Waals surface area (Å²) in [5, 5.41) is 2.86. The number of sulfonamides is 1. The van der Waals surface area contributed by atoms with E-state index in [0.29, 0.717) is 50.6 Å². The Hall–Kier alpha value is -2.49. The predicted molar refractivity (Wildman–Crippen MR) is 118 cm³/mol. The molecular formula is C22H28FN3O4S. The summed E-state index contributed by atoms with van der Waals surface area (Å²) in [6, 6.07) is 10.5. The Morgan fingerprint density at radius 1 is 1.10 bits per heavy atom. The molecular weight excluding hydrogens is 421 g/mol. The zero-order valence-electron chi connectivity index (χ0n) is 17.8. The number of morpholine rings is 1. The second-order valence-electron chi connectivity index (χ2n) is 7.22. The topological polar surface area (TPSA) is 79.0 Å². The maximum absolute atomic E-state index is 13.1. The number of nitrogens with one attached hydrogen (secondary N) is 1. The number of nitrogens with zero attached hydrogens (tertiary/aromatic N) is 2. The molecule has 1 N–H and O–H groups in total.